The van der Waals surface area contributed by atoms with Gasteiger partial charge in [0.2, 0.25) is 0 Å². The van der Waals surface area contributed by atoms with Gasteiger partial charge in [0.05, 0.1) is 5.69 Å². The zero-order chi connectivity index (χ0) is 15.4. The molecule has 0 saturated carbocycles. The van der Waals surface area contributed by atoms with E-state index in [-0.39, 0.29) is 5.82 Å². The van der Waals surface area contributed by atoms with Gasteiger partial charge in [0, 0.05) is 31.4 Å². The molecule has 0 bridgehead atoms. The summed E-state index contributed by atoms with van der Waals surface area (Å²) in [6, 6.07) is 6.68. The van der Waals surface area contributed by atoms with Gasteiger partial charge in [0.15, 0.2) is 0 Å². The standard InChI is InChI=1S/C16H23FN4/c1-5-18-11-15-12(3)19-20(4)16(15)21(6-2)14-9-7-8-13(17)10-14/h7-10,18H,5-6,11H2,1-4H3. The highest BCUT2D eigenvalue weighted by Gasteiger charge is 2.19. The Labute approximate surface area is 125 Å². The number of benzene rings is 1. The van der Waals surface area contributed by atoms with E-state index in [1.165, 1.54) is 6.07 Å². The van der Waals surface area contributed by atoms with Crippen LogP contribution in [0.1, 0.15) is 25.1 Å². The Morgan fingerprint density at radius 2 is 2.10 bits per heavy atom. The Morgan fingerprint density at radius 3 is 2.71 bits per heavy atom. The average Bonchev–Trinajstić information content (AvgIpc) is 2.72. The molecular formula is C16H23FN4. The number of rotatable bonds is 6. The fourth-order valence-electron chi connectivity index (χ4n) is 2.58. The summed E-state index contributed by atoms with van der Waals surface area (Å²) in [5.74, 6) is 0.791. The van der Waals surface area contributed by atoms with Crippen LogP contribution in [0.5, 0.6) is 0 Å². The number of nitrogens with one attached hydrogen (secondary N) is 1. The van der Waals surface area contributed by atoms with Crippen LogP contribution in [-0.4, -0.2) is 22.9 Å². The average molecular weight is 290 g/mol. The first-order valence-corrected chi connectivity index (χ1v) is 7.34. The zero-order valence-electron chi connectivity index (χ0n) is 13.2. The topological polar surface area (TPSA) is 33.1 Å². The number of nitrogens with zero attached hydrogens (tertiary/aromatic N) is 3. The van der Waals surface area contributed by atoms with E-state index in [2.05, 4.69) is 29.2 Å². The lowest BCUT2D eigenvalue weighted by Gasteiger charge is -2.25. The second kappa shape index (κ2) is 6.72. The monoisotopic (exact) mass is 290 g/mol. The van der Waals surface area contributed by atoms with E-state index in [1.807, 2.05) is 24.7 Å². The van der Waals surface area contributed by atoms with Crippen molar-refractivity contribution in [1.29, 1.82) is 0 Å². The first kappa shape index (κ1) is 15.5. The van der Waals surface area contributed by atoms with Crippen molar-refractivity contribution in [3.05, 3.63) is 41.3 Å². The molecule has 1 N–H and O–H groups in total. The van der Waals surface area contributed by atoms with Crippen LogP contribution in [0.4, 0.5) is 15.9 Å². The van der Waals surface area contributed by atoms with Gasteiger partial charge in [-0.3, -0.25) is 4.68 Å². The third-order valence-corrected chi connectivity index (χ3v) is 3.56. The van der Waals surface area contributed by atoms with Crippen LogP contribution < -0.4 is 10.2 Å². The second-order valence-electron chi connectivity index (χ2n) is 5.02. The Hall–Kier alpha value is -1.88. The largest absolute Gasteiger partial charge is 0.326 e. The van der Waals surface area contributed by atoms with Crippen LogP contribution >= 0.6 is 0 Å². The highest BCUT2D eigenvalue weighted by Crippen LogP contribution is 2.30. The number of hydrogen-bond acceptors (Lipinski definition) is 3. The SMILES string of the molecule is CCNCc1c(C)nn(C)c1N(CC)c1cccc(F)c1. The molecule has 0 unspecified atom stereocenters. The van der Waals surface area contributed by atoms with Crippen LogP contribution in [0.15, 0.2) is 24.3 Å². The van der Waals surface area contributed by atoms with Crippen molar-refractivity contribution in [2.75, 3.05) is 18.0 Å². The summed E-state index contributed by atoms with van der Waals surface area (Å²) < 4.78 is 15.4. The second-order valence-corrected chi connectivity index (χ2v) is 5.02. The van der Waals surface area contributed by atoms with E-state index in [0.717, 1.165) is 42.4 Å². The van der Waals surface area contributed by atoms with Crippen molar-refractivity contribution in [3.63, 3.8) is 0 Å². The number of halogens is 1. The predicted molar refractivity (Wildman–Crippen MR) is 84.4 cm³/mol. The minimum atomic E-state index is -0.224. The van der Waals surface area contributed by atoms with E-state index < -0.39 is 0 Å². The van der Waals surface area contributed by atoms with Crippen LogP contribution in [0.3, 0.4) is 0 Å². The summed E-state index contributed by atoms with van der Waals surface area (Å²) in [6.07, 6.45) is 0. The number of hydrogen-bond donors (Lipinski definition) is 1. The molecule has 0 aliphatic heterocycles. The third-order valence-electron chi connectivity index (χ3n) is 3.56. The fraction of sp³-hybridized carbons (Fsp3) is 0.438. The number of aromatic nitrogens is 2. The Balaban J connectivity index is 2.46. The van der Waals surface area contributed by atoms with Crippen LogP contribution in [-0.2, 0) is 13.6 Å². The molecule has 5 heteroatoms. The molecule has 0 fully saturated rings. The van der Waals surface area contributed by atoms with Crippen LogP contribution in [0.25, 0.3) is 0 Å². The van der Waals surface area contributed by atoms with Crippen molar-refractivity contribution in [2.24, 2.45) is 7.05 Å². The first-order valence-electron chi connectivity index (χ1n) is 7.34. The lowest BCUT2D eigenvalue weighted by atomic mass is 10.2. The molecule has 114 valence electrons. The van der Waals surface area contributed by atoms with Gasteiger partial charge in [0.1, 0.15) is 11.6 Å². The molecule has 0 saturated heterocycles. The number of anilines is 2. The van der Waals surface area contributed by atoms with E-state index in [1.54, 1.807) is 12.1 Å². The first-order chi connectivity index (χ1) is 10.1. The normalized spacial score (nSPS) is 10.9. The maximum Gasteiger partial charge on any atom is 0.135 e. The zero-order valence-corrected chi connectivity index (χ0v) is 13.2. The van der Waals surface area contributed by atoms with Gasteiger partial charge in [-0.05, 0) is 38.6 Å². The van der Waals surface area contributed by atoms with Crippen molar-refractivity contribution in [1.82, 2.24) is 15.1 Å². The predicted octanol–water partition coefficient (Wildman–Crippen LogP) is 3.14. The van der Waals surface area contributed by atoms with Gasteiger partial charge in [-0.25, -0.2) is 4.39 Å². The molecule has 1 heterocycles. The molecule has 0 spiro atoms. The van der Waals surface area contributed by atoms with Crippen molar-refractivity contribution in [2.45, 2.75) is 27.3 Å². The van der Waals surface area contributed by atoms with Gasteiger partial charge in [-0.1, -0.05) is 13.0 Å². The molecule has 0 amide bonds. The Bertz CT molecular complexity index is 606. The van der Waals surface area contributed by atoms with Gasteiger partial charge >= 0.3 is 0 Å². The van der Waals surface area contributed by atoms with Gasteiger partial charge in [-0.15, -0.1) is 0 Å². The Kier molecular flexibility index (Phi) is 4.96. The summed E-state index contributed by atoms with van der Waals surface area (Å²) >= 11 is 0. The maximum absolute atomic E-state index is 13.5. The lowest BCUT2D eigenvalue weighted by Crippen LogP contribution is -2.22. The molecule has 2 aromatic rings. The fourth-order valence-corrected chi connectivity index (χ4v) is 2.58. The highest BCUT2D eigenvalue weighted by atomic mass is 19.1. The van der Waals surface area contributed by atoms with Crippen molar-refractivity contribution in [3.8, 4) is 0 Å². The molecular weight excluding hydrogens is 267 g/mol. The summed E-state index contributed by atoms with van der Waals surface area (Å²) in [6.45, 7) is 8.56. The molecule has 0 aliphatic rings. The van der Waals surface area contributed by atoms with Crippen molar-refractivity contribution >= 4 is 11.5 Å². The number of aryl methyl sites for hydroxylation is 2. The summed E-state index contributed by atoms with van der Waals surface area (Å²) in [4.78, 5) is 2.09. The summed E-state index contributed by atoms with van der Waals surface area (Å²) in [5, 5.41) is 7.87. The maximum atomic E-state index is 13.5. The highest BCUT2D eigenvalue weighted by molar-refractivity contribution is 5.64. The minimum absolute atomic E-state index is 0.224. The molecule has 0 atom stereocenters. The van der Waals surface area contributed by atoms with Crippen molar-refractivity contribution < 1.29 is 4.39 Å². The summed E-state index contributed by atoms with van der Waals surface area (Å²) in [5.41, 5.74) is 3.01. The van der Waals surface area contributed by atoms with E-state index in [0.29, 0.717) is 0 Å². The molecule has 1 aromatic heterocycles. The Morgan fingerprint density at radius 1 is 1.33 bits per heavy atom. The summed E-state index contributed by atoms with van der Waals surface area (Å²) in [7, 11) is 1.93. The molecule has 1 aromatic carbocycles. The quantitative estimate of drug-likeness (QED) is 0.887. The molecule has 0 aliphatic carbocycles. The molecule has 0 radical (unpaired) electrons. The molecule has 4 nitrogen and oxygen atoms in total. The van der Waals surface area contributed by atoms with Gasteiger partial charge in [-0.2, -0.15) is 5.10 Å². The lowest BCUT2D eigenvalue weighted by molar-refractivity contribution is 0.627. The molecule has 2 rings (SSSR count). The van der Waals surface area contributed by atoms with E-state index in [9.17, 15) is 4.39 Å². The van der Waals surface area contributed by atoms with Crippen LogP contribution in [0.2, 0.25) is 0 Å². The smallest absolute Gasteiger partial charge is 0.135 e. The van der Waals surface area contributed by atoms with E-state index in [4.69, 9.17) is 0 Å². The third kappa shape index (κ3) is 3.24. The van der Waals surface area contributed by atoms with Gasteiger partial charge < -0.3 is 10.2 Å². The minimum Gasteiger partial charge on any atom is -0.326 e. The van der Waals surface area contributed by atoms with Gasteiger partial charge in [0.25, 0.3) is 0 Å². The van der Waals surface area contributed by atoms with Crippen LogP contribution in [0, 0.1) is 12.7 Å². The molecule has 21 heavy (non-hydrogen) atoms. The van der Waals surface area contributed by atoms with E-state index >= 15 is 0 Å².